The molecular weight excluding hydrogens is 358 g/mol. The third kappa shape index (κ3) is 5.47. The molecule has 0 bridgehead atoms. The number of rotatable bonds is 6. The minimum Gasteiger partial charge on any atom is -0.497 e. The summed E-state index contributed by atoms with van der Waals surface area (Å²) in [4.78, 5) is 27.2. The summed E-state index contributed by atoms with van der Waals surface area (Å²) >= 11 is 0. The summed E-state index contributed by atoms with van der Waals surface area (Å²) in [6.45, 7) is 2.04. The van der Waals surface area contributed by atoms with Crippen molar-refractivity contribution in [2.75, 3.05) is 38.7 Å². The van der Waals surface area contributed by atoms with Crippen molar-refractivity contribution < 1.29 is 19.1 Å². The van der Waals surface area contributed by atoms with Gasteiger partial charge in [0, 0.05) is 31.3 Å². The predicted octanol–water partition coefficient (Wildman–Crippen LogP) is 2.29. The number of nitrogens with zero attached hydrogens (tertiary/aromatic N) is 1. The first-order valence-electron chi connectivity index (χ1n) is 9.28. The Labute approximate surface area is 164 Å². The van der Waals surface area contributed by atoms with Gasteiger partial charge in [0.1, 0.15) is 11.8 Å². The number of ether oxygens (including phenoxy) is 2. The Morgan fingerprint density at radius 2 is 1.86 bits per heavy atom. The van der Waals surface area contributed by atoms with Crippen LogP contribution < -0.4 is 15.4 Å². The van der Waals surface area contributed by atoms with Crippen LogP contribution >= 0.6 is 0 Å². The van der Waals surface area contributed by atoms with Gasteiger partial charge in [-0.2, -0.15) is 0 Å². The molecule has 0 saturated carbocycles. The van der Waals surface area contributed by atoms with E-state index >= 15 is 0 Å². The number of urea groups is 1. The van der Waals surface area contributed by atoms with Crippen LogP contribution in [0.4, 0.5) is 10.5 Å². The van der Waals surface area contributed by atoms with Gasteiger partial charge in [-0.15, -0.1) is 0 Å². The lowest BCUT2D eigenvalue weighted by atomic mass is 10.1. The number of morpholine rings is 1. The zero-order valence-corrected chi connectivity index (χ0v) is 15.9. The molecule has 1 heterocycles. The Kier molecular flexibility index (Phi) is 6.86. The molecule has 0 aromatic heterocycles. The van der Waals surface area contributed by atoms with Gasteiger partial charge in [0.25, 0.3) is 0 Å². The number of amides is 3. The Morgan fingerprint density at radius 1 is 1.11 bits per heavy atom. The van der Waals surface area contributed by atoms with Crippen molar-refractivity contribution >= 4 is 17.6 Å². The van der Waals surface area contributed by atoms with E-state index in [0.29, 0.717) is 44.2 Å². The Balaban J connectivity index is 1.72. The molecule has 1 aliphatic rings. The van der Waals surface area contributed by atoms with Gasteiger partial charge < -0.3 is 25.0 Å². The van der Waals surface area contributed by atoms with Crippen molar-refractivity contribution in [3.63, 3.8) is 0 Å². The van der Waals surface area contributed by atoms with Gasteiger partial charge in [0.15, 0.2) is 0 Å². The van der Waals surface area contributed by atoms with Crippen molar-refractivity contribution in [1.29, 1.82) is 0 Å². The van der Waals surface area contributed by atoms with Gasteiger partial charge in [-0.05, 0) is 17.7 Å². The van der Waals surface area contributed by atoms with Crippen LogP contribution in [-0.2, 0) is 16.0 Å². The molecule has 1 saturated heterocycles. The summed E-state index contributed by atoms with van der Waals surface area (Å²) in [5, 5.41) is 5.74. The van der Waals surface area contributed by atoms with Crippen molar-refractivity contribution in [2.24, 2.45) is 0 Å². The van der Waals surface area contributed by atoms with E-state index in [1.165, 1.54) is 0 Å². The maximum Gasteiger partial charge on any atom is 0.318 e. The number of benzene rings is 2. The highest BCUT2D eigenvalue weighted by Crippen LogP contribution is 2.17. The smallest absolute Gasteiger partial charge is 0.318 e. The molecule has 7 nitrogen and oxygen atoms in total. The monoisotopic (exact) mass is 383 g/mol. The first-order chi connectivity index (χ1) is 13.7. The number of hydrogen-bond donors (Lipinski definition) is 2. The number of carbonyl (C=O) groups is 2. The first-order valence-corrected chi connectivity index (χ1v) is 9.28. The van der Waals surface area contributed by atoms with E-state index in [1.807, 2.05) is 30.3 Å². The van der Waals surface area contributed by atoms with E-state index in [9.17, 15) is 9.59 Å². The van der Waals surface area contributed by atoms with E-state index in [2.05, 4.69) is 10.6 Å². The third-order valence-electron chi connectivity index (χ3n) is 4.53. The fourth-order valence-corrected chi connectivity index (χ4v) is 3.00. The van der Waals surface area contributed by atoms with Gasteiger partial charge in [0.05, 0.1) is 20.3 Å². The quantitative estimate of drug-likeness (QED) is 0.802. The molecule has 0 unspecified atom stereocenters. The summed E-state index contributed by atoms with van der Waals surface area (Å²) in [5.41, 5.74) is 1.58. The SMILES string of the molecule is COc1cccc(NC(=O)[C@H](Cc2ccccc2)NC(=O)N2CCOCC2)c1. The molecule has 2 N–H and O–H groups in total. The first kappa shape index (κ1) is 19.7. The topological polar surface area (TPSA) is 79.9 Å². The fourth-order valence-electron chi connectivity index (χ4n) is 3.00. The highest BCUT2D eigenvalue weighted by atomic mass is 16.5. The molecule has 0 aliphatic carbocycles. The summed E-state index contributed by atoms with van der Waals surface area (Å²) in [7, 11) is 1.57. The highest BCUT2D eigenvalue weighted by molar-refractivity contribution is 5.97. The number of nitrogens with one attached hydrogen (secondary N) is 2. The second-order valence-corrected chi connectivity index (χ2v) is 6.51. The molecule has 3 rings (SSSR count). The summed E-state index contributed by atoms with van der Waals surface area (Å²) in [6, 6.07) is 15.8. The molecule has 3 amide bonds. The van der Waals surface area contributed by atoms with Gasteiger partial charge in [0.2, 0.25) is 5.91 Å². The van der Waals surface area contributed by atoms with Crippen LogP contribution in [0, 0.1) is 0 Å². The lowest BCUT2D eigenvalue weighted by Gasteiger charge is -2.29. The molecule has 1 aliphatic heterocycles. The predicted molar refractivity (Wildman–Crippen MR) is 106 cm³/mol. The number of methoxy groups -OCH3 is 1. The summed E-state index contributed by atoms with van der Waals surface area (Å²) in [5.74, 6) is 0.369. The normalized spacial score (nSPS) is 14.8. The molecule has 1 fully saturated rings. The average molecular weight is 383 g/mol. The second-order valence-electron chi connectivity index (χ2n) is 6.51. The number of carbonyl (C=O) groups excluding carboxylic acids is 2. The molecule has 0 spiro atoms. The second kappa shape index (κ2) is 9.75. The lowest BCUT2D eigenvalue weighted by molar-refractivity contribution is -0.118. The van der Waals surface area contributed by atoms with E-state index in [-0.39, 0.29) is 11.9 Å². The molecular formula is C21H25N3O4. The number of anilines is 1. The molecule has 148 valence electrons. The van der Waals surface area contributed by atoms with E-state index in [0.717, 1.165) is 5.56 Å². The summed E-state index contributed by atoms with van der Waals surface area (Å²) in [6.07, 6.45) is 0.396. The van der Waals surface area contributed by atoms with E-state index < -0.39 is 6.04 Å². The Morgan fingerprint density at radius 3 is 2.57 bits per heavy atom. The van der Waals surface area contributed by atoms with Crippen LogP contribution in [0.3, 0.4) is 0 Å². The Bertz CT molecular complexity index is 791. The van der Waals surface area contributed by atoms with Crippen LogP contribution in [-0.4, -0.2) is 56.3 Å². The fraction of sp³-hybridized carbons (Fsp3) is 0.333. The van der Waals surface area contributed by atoms with Crippen LogP contribution in [0.2, 0.25) is 0 Å². The average Bonchev–Trinajstić information content (AvgIpc) is 2.74. The van der Waals surface area contributed by atoms with E-state index in [1.54, 1.807) is 36.3 Å². The van der Waals surface area contributed by atoms with Gasteiger partial charge in [-0.1, -0.05) is 36.4 Å². The zero-order valence-electron chi connectivity index (χ0n) is 15.9. The maximum atomic E-state index is 12.9. The standard InChI is InChI=1S/C21H25N3O4/c1-27-18-9-5-8-17(15-18)22-20(25)19(14-16-6-3-2-4-7-16)23-21(26)24-10-12-28-13-11-24/h2-9,15,19H,10-14H2,1H3,(H,22,25)(H,23,26)/t19-/m0/s1. The van der Waals surface area contributed by atoms with Crippen molar-refractivity contribution in [2.45, 2.75) is 12.5 Å². The van der Waals surface area contributed by atoms with Crippen molar-refractivity contribution in [3.05, 3.63) is 60.2 Å². The van der Waals surface area contributed by atoms with Crippen LogP contribution in [0.15, 0.2) is 54.6 Å². The molecule has 2 aromatic rings. The van der Waals surface area contributed by atoms with Crippen LogP contribution in [0.5, 0.6) is 5.75 Å². The largest absolute Gasteiger partial charge is 0.497 e. The third-order valence-corrected chi connectivity index (χ3v) is 4.53. The molecule has 2 aromatic carbocycles. The van der Waals surface area contributed by atoms with E-state index in [4.69, 9.17) is 9.47 Å². The summed E-state index contributed by atoms with van der Waals surface area (Å²) < 4.78 is 10.5. The molecule has 28 heavy (non-hydrogen) atoms. The van der Waals surface area contributed by atoms with Gasteiger partial charge in [-0.3, -0.25) is 4.79 Å². The minimum atomic E-state index is -0.705. The van der Waals surface area contributed by atoms with Gasteiger partial charge >= 0.3 is 6.03 Å². The highest BCUT2D eigenvalue weighted by Gasteiger charge is 2.25. The van der Waals surface area contributed by atoms with Gasteiger partial charge in [-0.25, -0.2) is 4.79 Å². The number of hydrogen-bond acceptors (Lipinski definition) is 4. The van der Waals surface area contributed by atoms with Crippen LogP contribution in [0.25, 0.3) is 0 Å². The molecule has 0 radical (unpaired) electrons. The minimum absolute atomic E-state index is 0.259. The van der Waals surface area contributed by atoms with Crippen molar-refractivity contribution in [1.82, 2.24) is 10.2 Å². The lowest BCUT2D eigenvalue weighted by Crippen LogP contribution is -2.53. The van der Waals surface area contributed by atoms with Crippen LogP contribution in [0.1, 0.15) is 5.56 Å². The zero-order chi connectivity index (χ0) is 19.8. The molecule has 7 heteroatoms. The van der Waals surface area contributed by atoms with Crippen molar-refractivity contribution in [3.8, 4) is 5.75 Å². The molecule has 1 atom stereocenters. The Hall–Kier alpha value is -3.06. The maximum absolute atomic E-state index is 12.9.